The minimum absolute atomic E-state index is 0.0469. The minimum atomic E-state index is -0.155. The van der Waals surface area contributed by atoms with Crippen LogP contribution in [0.25, 0.3) is 0 Å². The number of methoxy groups -OCH3 is 2. The van der Waals surface area contributed by atoms with Gasteiger partial charge in [0.1, 0.15) is 17.5 Å². The SMILES string of the molecule is COc1ccc(C2CCCN2C(=O)[C@H](CCSC)n2cccc2)c(OC)c1. The van der Waals surface area contributed by atoms with Crippen LogP contribution < -0.4 is 9.47 Å². The molecule has 0 spiro atoms. The van der Waals surface area contributed by atoms with E-state index in [1.165, 1.54) is 0 Å². The van der Waals surface area contributed by atoms with Gasteiger partial charge in [-0.3, -0.25) is 4.79 Å². The zero-order valence-corrected chi connectivity index (χ0v) is 17.1. The van der Waals surface area contributed by atoms with Gasteiger partial charge in [0.15, 0.2) is 0 Å². The average Bonchev–Trinajstić information content (AvgIpc) is 3.39. The lowest BCUT2D eigenvalue weighted by Crippen LogP contribution is -2.37. The summed E-state index contributed by atoms with van der Waals surface area (Å²) in [6, 6.07) is 9.72. The third kappa shape index (κ3) is 4.26. The molecule has 0 saturated carbocycles. The molecule has 6 heteroatoms. The number of benzene rings is 1. The number of carbonyl (C=O) groups excluding carboxylic acids is 1. The Kier molecular flexibility index (Phi) is 6.72. The summed E-state index contributed by atoms with van der Waals surface area (Å²) in [5, 5.41) is 0. The van der Waals surface area contributed by atoms with Crippen molar-refractivity contribution < 1.29 is 14.3 Å². The highest BCUT2D eigenvalue weighted by Crippen LogP contribution is 2.40. The zero-order chi connectivity index (χ0) is 19.2. The number of rotatable bonds is 8. The maximum Gasteiger partial charge on any atom is 0.246 e. The van der Waals surface area contributed by atoms with Gasteiger partial charge in [0, 0.05) is 30.6 Å². The van der Waals surface area contributed by atoms with E-state index in [1.54, 1.807) is 26.0 Å². The molecule has 3 rings (SSSR count). The molecule has 1 aliphatic rings. The van der Waals surface area contributed by atoms with Gasteiger partial charge in [0.25, 0.3) is 0 Å². The first-order chi connectivity index (χ1) is 13.2. The second-order valence-corrected chi connectivity index (χ2v) is 7.71. The topological polar surface area (TPSA) is 43.7 Å². The summed E-state index contributed by atoms with van der Waals surface area (Å²) in [6.45, 7) is 0.787. The summed E-state index contributed by atoms with van der Waals surface area (Å²) in [7, 11) is 3.31. The van der Waals surface area contributed by atoms with Crippen molar-refractivity contribution in [3.63, 3.8) is 0 Å². The van der Waals surface area contributed by atoms with E-state index >= 15 is 0 Å². The number of likely N-dealkylation sites (tertiary alicyclic amines) is 1. The van der Waals surface area contributed by atoms with Crippen LogP contribution in [-0.2, 0) is 4.79 Å². The van der Waals surface area contributed by atoms with E-state index in [0.717, 1.165) is 48.6 Å². The number of carbonyl (C=O) groups is 1. The summed E-state index contributed by atoms with van der Waals surface area (Å²) in [5.41, 5.74) is 1.06. The molecular weight excluding hydrogens is 360 g/mol. The predicted octanol–water partition coefficient (Wildman–Crippen LogP) is 4.16. The first kappa shape index (κ1) is 19.7. The Bertz CT molecular complexity index is 748. The van der Waals surface area contributed by atoms with Gasteiger partial charge in [-0.15, -0.1) is 0 Å². The number of hydrogen-bond donors (Lipinski definition) is 0. The standard InChI is InChI=1S/C21H28N2O3S/c1-25-16-8-9-17(20(15-16)26-2)18-7-6-13-23(18)21(24)19(10-14-27-3)22-11-4-5-12-22/h4-5,8-9,11-12,15,18-19H,6-7,10,13-14H2,1-3H3/t18?,19-/m0/s1. The fourth-order valence-corrected chi connectivity index (χ4v) is 4.28. The van der Waals surface area contributed by atoms with Crippen LogP contribution in [0, 0.1) is 0 Å². The maximum atomic E-state index is 13.5. The Morgan fingerprint density at radius 1 is 1.26 bits per heavy atom. The Hall–Kier alpha value is -2.08. The van der Waals surface area contributed by atoms with Crippen LogP contribution in [0.5, 0.6) is 11.5 Å². The molecule has 27 heavy (non-hydrogen) atoms. The molecule has 0 radical (unpaired) electrons. The van der Waals surface area contributed by atoms with Gasteiger partial charge < -0.3 is 18.9 Å². The molecule has 2 atom stereocenters. The highest BCUT2D eigenvalue weighted by Gasteiger charge is 2.35. The molecule has 1 aromatic carbocycles. The smallest absolute Gasteiger partial charge is 0.246 e. The van der Waals surface area contributed by atoms with Crippen molar-refractivity contribution in [2.24, 2.45) is 0 Å². The molecule has 1 aromatic heterocycles. The molecule has 2 aromatic rings. The van der Waals surface area contributed by atoms with Crippen molar-refractivity contribution in [2.45, 2.75) is 31.3 Å². The summed E-state index contributed by atoms with van der Waals surface area (Å²) >= 11 is 1.78. The summed E-state index contributed by atoms with van der Waals surface area (Å²) in [5.74, 6) is 2.69. The summed E-state index contributed by atoms with van der Waals surface area (Å²) in [6.07, 6.45) is 8.85. The van der Waals surface area contributed by atoms with E-state index in [0.29, 0.717) is 0 Å². The van der Waals surface area contributed by atoms with Crippen LogP contribution in [0.1, 0.15) is 36.9 Å². The fourth-order valence-electron chi connectivity index (χ4n) is 3.82. The molecule has 1 unspecified atom stereocenters. The predicted molar refractivity (Wildman–Crippen MR) is 110 cm³/mol. The third-order valence-electron chi connectivity index (χ3n) is 5.20. The Morgan fingerprint density at radius 3 is 2.70 bits per heavy atom. The third-order valence-corrected chi connectivity index (χ3v) is 5.85. The van der Waals surface area contributed by atoms with E-state index in [4.69, 9.17) is 9.47 Å². The molecule has 0 aliphatic carbocycles. The molecule has 146 valence electrons. The van der Waals surface area contributed by atoms with Crippen molar-refractivity contribution in [3.05, 3.63) is 48.3 Å². The highest BCUT2D eigenvalue weighted by molar-refractivity contribution is 7.98. The maximum absolute atomic E-state index is 13.5. The lowest BCUT2D eigenvalue weighted by Gasteiger charge is -2.30. The average molecular weight is 389 g/mol. The monoisotopic (exact) mass is 388 g/mol. The van der Waals surface area contributed by atoms with Crippen LogP contribution in [0.2, 0.25) is 0 Å². The summed E-state index contributed by atoms with van der Waals surface area (Å²) in [4.78, 5) is 15.5. The molecule has 0 N–H and O–H groups in total. The number of hydrogen-bond acceptors (Lipinski definition) is 4. The Morgan fingerprint density at radius 2 is 2.04 bits per heavy atom. The van der Waals surface area contributed by atoms with E-state index < -0.39 is 0 Å². The molecule has 1 amide bonds. The quantitative estimate of drug-likeness (QED) is 0.681. The molecule has 1 aliphatic heterocycles. The second-order valence-electron chi connectivity index (χ2n) is 6.73. The van der Waals surface area contributed by atoms with E-state index in [1.807, 2.05) is 52.2 Å². The summed E-state index contributed by atoms with van der Waals surface area (Å²) < 4.78 is 13.0. The number of aromatic nitrogens is 1. The van der Waals surface area contributed by atoms with Crippen LogP contribution in [-0.4, -0.2) is 48.1 Å². The number of amides is 1. The van der Waals surface area contributed by atoms with Gasteiger partial charge in [-0.25, -0.2) is 0 Å². The normalized spacial score (nSPS) is 17.7. The van der Waals surface area contributed by atoms with E-state index in [9.17, 15) is 4.79 Å². The molecule has 5 nitrogen and oxygen atoms in total. The largest absolute Gasteiger partial charge is 0.497 e. The first-order valence-corrected chi connectivity index (χ1v) is 10.7. The van der Waals surface area contributed by atoms with Crippen molar-refractivity contribution in [3.8, 4) is 11.5 Å². The highest BCUT2D eigenvalue weighted by atomic mass is 32.2. The molecule has 1 saturated heterocycles. The van der Waals surface area contributed by atoms with Crippen molar-refractivity contribution in [1.29, 1.82) is 0 Å². The van der Waals surface area contributed by atoms with Crippen molar-refractivity contribution >= 4 is 17.7 Å². The van der Waals surface area contributed by atoms with Gasteiger partial charge in [-0.05, 0) is 55.5 Å². The molecule has 2 heterocycles. The molecule has 0 bridgehead atoms. The molecule has 1 fully saturated rings. The van der Waals surface area contributed by atoms with Gasteiger partial charge in [0.2, 0.25) is 5.91 Å². The Balaban J connectivity index is 1.87. The van der Waals surface area contributed by atoms with Crippen molar-refractivity contribution in [2.75, 3.05) is 32.8 Å². The van der Waals surface area contributed by atoms with Gasteiger partial charge in [0.05, 0.1) is 20.3 Å². The number of thioether (sulfide) groups is 1. The van der Waals surface area contributed by atoms with Crippen LogP contribution in [0.4, 0.5) is 0 Å². The first-order valence-electron chi connectivity index (χ1n) is 9.33. The lowest BCUT2D eigenvalue weighted by atomic mass is 10.0. The van der Waals surface area contributed by atoms with Crippen molar-refractivity contribution in [1.82, 2.24) is 9.47 Å². The number of nitrogens with zero attached hydrogens (tertiary/aromatic N) is 2. The van der Waals surface area contributed by atoms with Gasteiger partial charge in [-0.2, -0.15) is 11.8 Å². The van der Waals surface area contributed by atoms with Crippen LogP contribution >= 0.6 is 11.8 Å². The van der Waals surface area contributed by atoms with Crippen LogP contribution in [0.3, 0.4) is 0 Å². The van der Waals surface area contributed by atoms with Gasteiger partial charge >= 0.3 is 0 Å². The van der Waals surface area contributed by atoms with Crippen LogP contribution in [0.15, 0.2) is 42.7 Å². The fraction of sp³-hybridized carbons (Fsp3) is 0.476. The lowest BCUT2D eigenvalue weighted by molar-refractivity contribution is -0.135. The Labute approximate surface area is 165 Å². The second kappa shape index (κ2) is 9.22. The van der Waals surface area contributed by atoms with E-state index in [-0.39, 0.29) is 18.0 Å². The van der Waals surface area contributed by atoms with Gasteiger partial charge in [-0.1, -0.05) is 0 Å². The minimum Gasteiger partial charge on any atom is -0.497 e. The zero-order valence-electron chi connectivity index (χ0n) is 16.3. The number of ether oxygens (including phenoxy) is 2. The van der Waals surface area contributed by atoms with E-state index in [2.05, 4.69) is 6.26 Å². The molecular formula is C21H28N2O3S.